The largest absolute Gasteiger partial charge is 0.352 e. The van der Waals surface area contributed by atoms with E-state index in [0.29, 0.717) is 29.3 Å². The normalized spacial score (nSPS) is 13.3. The Kier molecular flexibility index (Phi) is 11.8. The second kappa shape index (κ2) is 15.3. The van der Waals surface area contributed by atoms with Gasteiger partial charge in [0.25, 0.3) is 5.91 Å². The van der Waals surface area contributed by atoms with Gasteiger partial charge in [-0.25, -0.2) is 27.4 Å². The van der Waals surface area contributed by atoms with Gasteiger partial charge in [-0.05, 0) is 116 Å². The molecule has 1 heterocycles. The first kappa shape index (κ1) is 33.2. The number of sulfonamides is 1. The number of pyridine rings is 1. The van der Waals surface area contributed by atoms with E-state index in [0.717, 1.165) is 48.5 Å². The summed E-state index contributed by atoms with van der Waals surface area (Å²) in [5.74, 6) is -3.70. The monoisotopic (exact) mass is 727 g/mol. The standard InChI is InChI=1S/C30H36F2IN5O4S/c1-3-38(4-2)16-6-8-25-21(7-5-15-34-25)18-35-43(40,41)26-17-24(30(39)37-42-19-20-9-10-20)29(28(32)27(26)31)36-23-13-11-22(33)12-14-23/h5,7,11-15,17,20,35-36H,3-4,6,8-10,16,18-19H2,1-2H3,(H,37,39). The summed E-state index contributed by atoms with van der Waals surface area (Å²) in [6.45, 7) is 6.99. The van der Waals surface area contributed by atoms with Crippen LogP contribution in [0, 0.1) is 21.1 Å². The maximum atomic E-state index is 15.6. The second-order valence-electron chi connectivity index (χ2n) is 10.3. The zero-order chi connectivity index (χ0) is 31.0. The van der Waals surface area contributed by atoms with Gasteiger partial charge in [-0.3, -0.25) is 14.6 Å². The van der Waals surface area contributed by atoms with Crippen molar-refractivity contribution in [3.63, 3.8) is 0 Å². The molecule has 1 amide bonds. The van der Waals surface area contributed by atoms with Crippen LogP contribution in [0.2, 0.25) is 0 Å². The van der Waals surface area contributed by atoms with Gasteiger partial charge in [0.1, 0.15) is 4.90 Å². The van der Waals surface area contributed by atoms with Gasteiger partial charge in [-0.1, -0.05) is 19.9 Å². The fourth-order valence-electron chi connectivity index (χ4n) is 4.46. The highest BCUT2D eigenvalue weighted by Crippen LogP contribution is 2.32. The lowest BCUT2D eigenvalue weighted by atomic mass is 10.1. The van der Waals surface area contributed by atoms with E-state index in [4.69, 9.17) is 4.84 Å². The van der Waals surface area contributed by atoms with Crippen molar-refractivity contribution in [3.05, 3.63) is 80.7 Å². The average Bonchev–Trinajstić information content (AvgIpc) is 3.82. The van der Waals surface area contributed by atoms with E-state index < -0.39 is 43.7 Å². The molecule has 13 heteroatoms. The molecule has 1 aliphatic carbocycles. The van der Waals surface area contributed by atoms with Crippen LogP contribution < -0.4 is 15.5 Å². The maximum Gasteiger partial charge on any atom is 0.277 e. The van der Waals surface area contributed by atoms with Crippen molar-refractivity contribution in [2.45, 2.75) is 51.0 Å². The van der Waals surface area contributed by atoms with Gasteiger partial charge in [-0.15, -0.1) is 0 Å². The van der Waals surface area contributed by atoms with Crippen LogP contribution in [0.5, 0.6) is 0 Å². The SMILES string of the molecule is CCN(CC)CCCc1ncccc1CNS(=O)(=O)c1cc(C(=O)NOCC2CC2)c(Nc2ccc(I)cc2)c(F)c1F. The molecule has 0 spiro atoms. The number of anilines is 2. The van der Waals surface area contributed by atoms with E-state index in [1.807, 2.05) is 0 Å². The van der Waals surface area contributed by atoms with Crippen molar-refractivity contribution in [2.24, 2.45) is 5.92 Å². The van der Waals surface area contributed by atoms with Gasteiger partial charge in [0, 0.05) is 27.7 Å². The molecule has 9 nitrogen and oxygen atoms in total. The molecular weight excluding hydrogens is 691 g/mol. The molecule has 0 bridgehead atoms. The third kappa shape index (κ3) is 9.14. The van der Waals surface area contributed by atoms with E-state index in [2.05, 4.69) is 61.8 Å². The Bertz CT molecular complexity index is 1520. The molecule has 1 aromatic heterocycles. The van der Waals surface area contributed by atoms with E-state index in [-0.39, 0.29) is 13.2 Å². The van der Waals surface area contributed by atoms with E-state index in [9.17, 15) is 13.2 Å². The van der Waals surface area contributed by atoms with Crippen LogP contribution in [-0.4, -0.2) is 50.5 Å². The highest BCUT2D eigenvalue weighted by molar-refractivity contribution is 14.1. The number of halogens is 3. The maximum absolute atomic E-state index is 15.6. The van der Waals surface area contributed by atoms with Gasteiger partial charge in [0.2, 0.25) is 10.0 Å². The summed E-state index contributed by atoms with van der Waals surface area (Å²) >= 11 is 2.10. The molecule has 4 rings (SSSR count). The van der Waals surface area contributed by atoms with E-state index in [1.165, 1.54) is 0 Å². The zero-order valence-corrected chi connectivity index (χ0v) is 27.1. The third-order valence-electron chi connectivity index (χ3n) is 7.22. The number of benzene rings is 2. The number of amides is 1. The van der Waals surface area contributed by atoms with E-state index in [1.54, 1.807) is 42.6 Å². The Labute approximate surface area is 264 Å². The molecule has 3 aromatic rings. The number of nitrogens with zero attached hydrogens (tertiary/aromatic N) is 2. The van der Waals surface area contributed by atoms with Crippen LogP contribution in [0.15, 0.2) is 53.6 Å². The molecular formula is C30H36F2IN5O4S. The Morgan fingerprint density at radius 2 is 1.84 bits per heavy atom. The number of carbonyl (C=O) groups excluding carboxylic acids is 1. The second-order valence-corrected chi connectivity index (χ2v) is 13.3. The van der Waals surface area contributed by atoms with Crippen LogP contribution >= 0.6 is 22.6 Å². The first-order valence-corrected chi connectivity index (χ1v) is 16.8. The van der Waals surface area contributed by atoms with Crippen LogP contribution in [0.25, 0.3) is 0 Å². The van der Waals surface area contributed by atoms with Crippen LogP contribution in [-0.2, 0) is 27.8 Å². The Hall–Kier alpha value is -2.72. The summed E-state index contributed by atoms with van der Waals surface area (Å²) in [6, 6.07) is 11.0. The lowest BCUT2D eigenvalue weighted by molar-refractivity contribution is 0.0270. The van der Waals surface area contributed by atoms with Crippen molar-refractivity contribution in [3.8, 4) is 0 Å². The van der Waals surface area contributed by atoms with Gasteiger partial charge >= 0.3 is 0 Å². The summed E-state index contributed by atoms with van der Waals surface area (Å²) in [4.78, 5) is 24.0. The van der Waals surface area contributed by atoms with Crippen LogP contribution in [0.1, 0.15) is 54.7 Å². The molecule has 1 fully saturated rings. The zero-order valence-electron chi connectivity index (χ0n) is 24.1. The number of aromatic nitrogens is 1. The first-order valence-electron chi connectivity index (χ1n) is 14.2. The molecule has 0 saturated heterocycles. The number of aryl methyl sites for hydroxylation is 1. The summed E-state index contributed by atoms with van der Waals surface area (Å²) < 4.78 is 60.9. The molecule has 0 unspecified atom stereocenters. The lowest BCUT2D eigenvalue weighted by Gasteiger charge is -2.18. The highest BCUT2D eigenvalue weighted by atomic mass is 127. The average molecular weight is 728 g/mol. The quantitative estimate of drug-likeness (QED) is 0.132. The van der Waals surface area contributed by atoms with Crippen molar-refractivity contribution in [1.29, 1.82) is 0 Å². The predicted octanol–water partition coefficient (Wildman–Crippen LogP) is 5.53. The smallest absolute Gasteiger partial charge is 0.277 e. The van der Waals surface area contributed by atoms with E-state index >= 15 is 8.78 Å². The molecule has 0 radical (unpaired) electrons. The van der Waals surface area contributed by atoms with Crippen molar-refractivity contribution < 1.29 is 26.8 Å². The van der Waals surface area contributed by atoms with Gasteiger partial charge in [-0.2, -0.15) is 0 Å². The number of carbonyl (C=O) groups is 1. The number of nitrogens with one attached hydrogen (secondary N) is 3. The molecule has 3 N–H and O–H groups in total. The van der Waals surface area contributed by atoms with Crippen LogP contribution in [0.3, 0.4) is 0 Å². The number of rotatable bonds is 16. The molecule has 2 aromatic carbocycles. The molecule has 43 heavy (non-hydrogen) atoms. The van der Waals surface area contributed by atoms with Crippen LogP contribution in [0.4, 0.5) is 20.2 Å². The summed E-state index contributed by atoms with van der Waals surface area (Å²) in [6.07, 6.45) is 5.04. The molecule has 1 aliphatic rings. The highest BCUT2D eigenvalue weighted by Gasteiger charge is 2.30. The molecule has 0 aliphatic heterocycles. The minimum atomic E-state index is -4.60. The number of hydroxylamine groups is 1. The molecule has 0 atom stereocenters. The fraction of sp³-hybridized carbons (Fsp3) is 0.400. The Morgan fingerprint density at radius 1 is 1.12 bits per heavy atom. The number of hydrogen-bond donors (Lipinski definition) is 3. The minimum Gasteiger partial charge on any atom is -0.352 e. The van der Waals surface area contributed by atoms with Crippen molar-refractivity contribution in [2.75, 3.05) is 31.6 Å². The predicted molar refractivity (Wildman–Crippen MR) is 169 cm³/mol. The fourth-order valence-corrected chi connectivity index (χ4v) is 5.92. The Balaban J connectivity index is 1.58. The molecule has 1 saturated carbocycles. The first-order chi connectivity index (χ1) is 20.6. The van der Waals surface area contributed by atoms with Gasteiger partial charge in [0.05, 0.1) is 17.9 Å². The summed E-state index contributed by atoms with van der Waals surface area (Å²) in [5, 5.41) is 2.72. The third-order valence-corrected chi connectivity index (χ3v) is 9.34. The topological polar surface area (TPSA) is 113 Å². The van der Waals surface area contributed by atoms with Crippen molar-refractivity contribution in [1.82, 2.24) is 20.1 Å². The van der Waals surface area contributed by atoms with Crippen molar-refractivity contribution >= 4 is 49.9 Å². The summed E-state index contributed by atoms with van der Waals surface area (Å²) in [7, 11) is -4.60. The summed E-state index contributed by atoms with van der Waals surface area (Å²) in [5.41, 5.74) is 3.02. The van der Waals surface area contributed by atoms with Gasteiger partial charge < -0.3 is 10.2 Å². The molecule has 232 valence electrons. The van der Waals surface area contributed by atoms with Gasteiger partial charge in [0.15, 0.2) is 11.6 Å². The lowest BCUT2D eigenvalue weighted by Crippen LogP contribution is -2.29. The number of hydrogen-bond acceptors (Lipinski definition) is 7. The Morgan fingerprint density at radius 3 is 2.51 bits per heavy atom. The minimum absolute atomic E-state index is 0.188.